The van der Waals surface area contributed by atoms with E-state index in [1.165, 1.54) is 6.26 Å². The second-order valence-electron chi connectivity index (χ2n) is 3.64. The van der Waals surface area contributed by atoms with Gasteiger partial charge in [0.25, 0.3) is 0 Å². The summed E-state index contributed by atoms with van der Waals surface area (Å²) in [5.41, 5.74) is 8.21. The van der Waals surface area contributed by atoms with E-state index in [1.54, 1.807) is 14.2 Å². The number of hydrogen-bond donors (Lipinski definition) is 1. The Kier molecular flexibility index (Phi) is 2.91. The minimum atomic E-state index is 0.328. The van der Waals surface area contributed by atoms with Gasteiger partial charge in [-0.1, -0.05) is 5.16 Å². The lowest BCUT2D eigenvalue weighted by molar-refractivity contribution is 0.401. The molecule has 2 rings (SSSR count). The van der Waals surface area contributed by atoms with E-state index >= 15 is 0 Å². The van der Waals surface area contributed by atoms with Gasteiger partial charge in [-0.15, -0.1) is 0 Å². The maximum absolute atomic E-state index is 5.72. The van der Waals surface area contributed by atoms with Crippen LogP contribution in [0, 0.1) is 6.92 Å². The van der Waals surface area contributed by atoms with Crippen LogP contribution < -0.4 is 15.2 Å². The van der Waals surface area contributed by atoms with Crippen molar-refractivity contribution in [1.29, 1.82) is 0 Å². The van der Waals surface area contributed by atoms with E-state index in [-0.39, 0.29) is 0 Å². The van der Waals surface area contributed by atoms with Crippen molar-refractivity contribution < 1.29 is 14.0 Å². The number of rotatable bonds is 3. The highest BCUT2D eigenvalue weighted by Crippen LogP contribution is 2.37. The van der Waals surface area contributed by atoms with Crippen molar-refractivity contribution in [3.63, 3.8) is 0 Å². The Morgan fingerprint density at radius 1 is 1.12 bits per heavy atom. The number of aryl methyl sites for hydroxylation is 1. The fourth-order valence-electron chi connectivity index (χ4n) is 1.71. The van der Waals surface area contributed by atoms with E-state index in [4.69, 9.17) is 19.7 Å². The van der Waals surface area contributed by atoms with Gasteiger partial charge in [-0.3, -0.25) is 0 Å². The molecule has 0 aliphatic rings. The van der Waals surface area contributed by atoms with Crippen LogP contribution in [-0.2, 0) is 0 Å². The number of hydrogen-bond acceptors (Lipinski definition) is 5. The van der Waals surface area contributed by atoms with Crippen molar-refractivity contribution in [2.45, 2.75) is 6.92 Å². The van der Waals surface area contributed by atoms with Gasteiger partial charge < -0.3 is 19.7 Å². The molecule has 0 aliphatic heterocycles. The lowest BCUT2D eigenvalue weighted by Crippen LogP contribution is -1.94. The molecule has 2 N–H and O–H groups in total. The Bertz CT molecular complexity index is 535. The van der Waals surface area contributed by atoms with Crippen LogP contribution in [0.3, 0.4) is 0 Å². The van der Waals surface area contributed by atoms with Crippen LogP contribution >= 0.6 is 0 Å². The molecule has 5 nitrogen and oxygen atoms in total. The highest BCUT2D eigenvalue weighted by molar-refractivity contribution is 5.79. The first-order valence-electron chi connectivity index (χ1n) is 5.10. The van der Waals surface area contributed by atoms with Crippen LogP contribution in [0.1, 0.15) is 5.56 Å². The molecule has 0 spiro atoms. The third-order valence-electron chi connectivity index (χ3n) is 2.60. The molecule has 1 heterocycles. The normalized spacial score (nSPS) is 10.3. The molecule has 1 aromatic heterocycles. The van der Waals surface area contributed by atoms with Crippen molar-refractivity contribution in [2.24, 2.45) is 0 Å². The van der Waals surface area contributed by atoms with Gasteiger partial charge in [0, 0.05) is 5.56 Å². The topological polar surface area (TPSA) is 70.5 Å². The lowest BCUT2D eigenvalue weighted by atomic mass is 10.0. The van der Waals surface area contributed by atoms with Crippen LogP contribution in [-0.4, -0.2) is 19.4 Å². The molecule has 0 saturated carbocycles. The fourth-order valence-corrected chi connectivity index (χ4v) is 1.71. The van der Waals surface area contributed by atoms with E-state index in [0.717, 1.165) is 16.9 Å². The van der Waals surface area contributed by atoms with E-state index in [1.807, 2.05) is 19.1 Å². The minimum Gasteiger partial charge on any atom is -0.496 e. The number of aromatic nitrogens is 1. The van der Waals surface area contributed by atoms with Crippen LogP contribution in [0.4, 0.5) is 5.82 Å². The molecule has 0 radical (unpaired) electrons. The molecule has 0 aliphatic carbocycles. The molecular weight excluding hydrogens is 220 g/mol. The Morgan fingerprint density at radius 3 is 2.35 bits per heavy atom. The van der Waals surface area contributed by atoms with Gasteiger partial charge in [0.05, 0.1) is 19.8 Å². The van der Waals surface area contributed by atoms with Crippen molar-refractivity contribution in [3.05, 3.63) is 24.0 Å². The van der Waals surface area contributed by atoms with Gasteiger partial charge in [0.15, 0.2) is 5.82 Å². The summed E-state index contributed by atoms with van der Waals surface area (Å²) in [4.78, 5) is 0. The molecule has 0 atom stereocenters. The molecule has 1 aromatic carbocycles. The molecule has 17 heavy (non-hydrogen) atoms. The smallest absolute Gasteiger partial charge is 0.174 e. The average molecular weight is 234 g/mol. The number of anilines is 1. The summed E-state index contributed by atoms with van der Waals surface area (Å²) in [6.07, 6.45) is 1.49. The van der Waals surface area contributed by atoms with Gasteiger partial charge in [-0.25, -0.2) is 0 Å². The molecular formula is C12H14N2O3. The van der Waals surface area contributed by atoms with Crippen molar-refractivity contribution in [3.8, 4) is 22.6 Å². The highest BCUT2D eigenvalue weighted by atomic mass is 16.5. The summed E-state index contributed by atoms with van der Waals surface area (Å²) in [5, 5.41) is 3.65. The van der Waals surface area contributed by atoms with Crippen LogP contribution in [0.25, 0.3) is 11.1 Å². The molecule has 0 bridgehead atoms. The molecule has 2 aromatic rings. The number of methoxy groups -OCH3 is 2. The predicted octanol–water partition coefficient (Wildman–Crippen LogP) is 2.25. The van der Waals surface area contributed by atoms with Gasteiger partial charge in [0.2, 0.25) is 0 Å². The Labute approximate surface area is 99.1 Å². The van der Waals surface area contributed by atoms with Crippen LogP contribution in [0.5, 0.6) is 11.5 Å². The zero-order chi connectivity index (χ0) is 12.4. The van der Waals surface area contributed by atoms with E-state index in [2.05, 4.69) is 5.16 Å². The first-order chi connectivity index (χ1) is 8.17. The van der Waals surface area contributed by atoms with Gasteiger partial charge >= 0.3 is 0 Å². The SMILES string of the molecule is COc1cc(-c2conc2N)c(OC)cc1C. The second-order valence-corrected chi connectivity index (χ2v) is 3.64. The summed E-state index contributed by atoms with van der Waals surface area (Å²) < 4.78 is 15.4. The third kappa shape index (κ3) is 1.91. The minimum absolute atomic E-state index is 0.328. The summed E-state index contributed by atoms with van der Waals surface area (Å²) in [6.45, 7) is 1.95. The number of benzene rings is 1. The average Bonchev–Trinajstić information content (AvgIpc) is 2.75. The Morgan fingerprint density at radius 2 is 1.82 bits per heavy atom. The van der Waals surface area contributed by atoms with Gasteiger partial charge in [0.1, 0.15) is 17.8 Å². The number of nitrogens with two attached hydrogens (primary N) is 1. The second kappa shape index (κ2) is 4.37. The number of nitrogens with zero attached hydrogens (tertiary/aromatic N) is 1. The van der Waals surface area contributed by atoms with Crippen molar-refractivity contribution in [1.82, 2.24) is 5.16 Å². The highest BCUT2D eigenvalue weighted by Gasteiger charge is 2.15. The van der Waals surface area contributed by atoms with Crippen molar-refractivity contribution >= 4 is 5.82 Å². The van der Waals surface area contributed by atoms with Crippen LogP contribution in [0.2, 0.25) is 0 Å². The maximum atomic E-state index is 5.72. The van der Waals surface area contributed by atoms with Gasteiger partial charge in [-0.2, -0.15) is 0 Å². The zero-order valence-electron chi connectivity index (χ0n) is 9.98. The monoisotopic (exact) mass is 234 g/mol. The quantitative estimate of drug-likeness (QED) is 0.881. The largest absolute Gasteiger partial charge is 0.496 e. The summed E-state index contributed by atoms with van der Waals surface area (Å²) >= 11 is 0. The Balaban J connectivity index is 2.63. The van der Waals surface area contributed by atoms with Gasteiger partial charge in [-0.05, 0) is 24.6 Å². The molecule has 0 amide bonds. The molecule has 90 valence electrons. The number of ether oxygens (including phenoxy) is 2. The fraction of sp³-hybridized carbons (Fsp3) is 0.250. The third-order valence-corrected chi connectivity index (χ3v) is 2.60. The summed E-state index contributed by atoms with van der Waals surface area (Å²) in [7, 11) is 3.23. The maximum Gasteiger partial charge on any atom is 0.174 e. The van der Waals surface area contributed by atoms with Crippen molar-refractivity contribution in [2.75, 3.05) is 20.0 Å². The molecule has 0 saturated heterocycles. The predicted molar refractivity (Wildman–Crippen MR) is 64.2 cm³/mol. The number of nitrogen functional groups attached to an aromatic ring is 1. The molecule has 0 fully saturated rings. The zero-order valence-corrected chi connectivity index (χ0v) is 9.98. The van der Waals surface area contributed by atoms with E-state index < -0.39 is 0 Å². The standard InChI is InChI=1S/C12H14N2O3/c1-7-4-11(16-3)8(5-10(7)15-2)9-6-17-14-12(9)13/h4-6H,1-3H3,(H2,13,14). The lowest BCUT2D eigenvalue weighted by Gasteiger charge is -2.11. The molecule has 5 heteroatoms. The first-order valence-corrected chi connectivity index (χ1v) is 5.10. The molecule has 0 unspecified atom stereocenters. The first kappa shape index (κ1) is 11.3. The van der Waals surface area contributed by atoms with E-state index in [0.29, 0.717) is 17.1 Å². The summed E-state index contributed by atoms with van der Waals surface area (Å²) in [5.74, 6) is 1.80. The van der Waals surface area contributed by atoms with E-state index in [9.17, 15) is 0 Å². The van der Waals surface area contributed by atoms with Crippen LogP contribution in [0.15, 0.2) is 22.9 Å². The summed E-state index contributed by atoms with van der Waals surface area (Å²) in [6, 6.07) is 3.75. The Hall–Kier alpha value is -2.17.